The summed E-state index contributed by atoms with van der Waals surface area (Å²) in [7, 11) is -4.09. The number of nitrogens with one attached hydrogen (secondary N) is 1. The zero-order valence-corrected chi connectivity index (χ0v) is 24.5. The first-order valence-corrected chi connectivity index (χ1v) is 15.5. The number of hydrogen-bond acceptors (Lipinski definition) is 7. The highest BCUT2D eigenvalue weighted by molar-refractivity contribution is 7.89. The van der Waals surface area contributed by atoms with Crippen molar-refractivity contribution in [2.24, 2.45) is 0 Å². The van der Waals surface area contributed by atoms with Crippen molar-refractivity contribution in [3.63, 3.8) is 0 Å². The second kappa shape index (κ2) is 12.3. The summed E-state index contributed by atoms with van der Waals surface area (Å²) in [4.78, 5) is 22.1. The summed E-state index contributed by atoms with van der Waals surface area (Å²) in [6.45, 7) is 0.187. The Hall–Kier alpha value is -4.75. The molecule has 0 bridgehead atoms. The third-order valence-electron chi connectivity index (χ3n) is 7.39. The van der Waals surface area contributed by atoms with Crippen LogP contribution in [0.4, 0.5) is 13.2 Å². The number of fused-ring (bicyclic) bond motifs is 1. The van der Waals surface area contributed by atoms with E-state index < -0.39 is 33.7 Å². The fourth-order valence-electron chi connectivity index (χ4n) is 5.11. The molecule has 0 saturated carbocycles. The van der Waals surface area contributed by atoms with Crippen LogP contribution in [0, 0.1) is 0 Å². The lowest BCUT2D eigenvalue weighted by Crippen LogP contribution is -2.45. The van der Waals surface area contributed by atoms with Crippen LogP contribution in [0.1, 0.15) is 29.7 Å². The van der Waals surface area contributed by atoms with Crippen LogP contribution in [-0.2, 0) is 34.1 Å². The van der Waals surface area contributed by atoms with Crippen molar-refractivity contribution < 1.29 is 35.5 Å². The Balaban J connectivity index is 1.21. The number of halogens is 3. The van der Waals surface area contributed by atoms with E-state index in [2.05, 4.69) is 15.3 Å². The highest BCUT2D eigenvalue weighted by Crippen LogP contribution is 2.32. The number of amides is 1. The van der Waals surface area contributed by atoms with E-state index >= 15 is 0 Å². The van der Waals surface area contributed by atoms with Gasteiger partial charge in [0.05, 0.1) is 23.5 Å². The molecule has 1 atom stereocenters. The molecule has 1 N–H and O–H groups in total. The summed E-state index contributed by atoms with van der Waals surface area (Å²) in [6.07, 6.45) is -3.69. The maximum Gasteiger partial charge on any atom is 0.416 e. The van der Waals surface area contributed by atoms with Gasteiger partial charge in [-0.1, -0.05) is 60.7 Å². The average molecular weight is 637 g/mol. The number of carbonyl (C=O) groups is 1. The summed E-state index contributed by atoms with van der Waals surface area (Å²) in [5.74, 6) is -0.520. The number of ether oxygens (including phenoxy) is 1. The summed E-state index contributed by atoms with van der Waals surface area (Å²) in [6, 6.07) is 22.7. The van der Waals surface area contributed by atoms with Gasteiger partial charge in [-0.3, -0.25) is 4.79 Å². The Morgan fingerprint density at radius 3 is 2.44 bits per heavy atom. The Labute approximate surface area is 256 Å². The standard InChI is InChI=1S/C32H27F3N4O5S/c33-32(34,35)24-14-12-22(13-15-24)26-18-25(37-31(38-26)43-20-21-7-2-1-3-8-21)19-36-30(40)27-10-6-16-39(27)45(41,42)29-17-23-9-4-5-11-28(23)44-29/h1-5,7-9,11-15,17-18,27H,6,10,16,19-20H2,(H,36,40). The average Bonchev–Trinajstić information content (AvgIpc) is 3.72. The van der Waals surface area contributed by atoms with Crippen molar-refractivity contribution in [3.05, 3.63) is 108 Å². The molecule has 1 fully saturated rings. The molecule has 1 aliphatic heterocycles. The van der Waals surface area contributed by atoms with E-state index in [0.717, 1.165) is 22.0 Å². The van der Waals surface area contributed by atoms with Crippen molar-refractivity contribution in [2.75, 3.05) is 6.54 Å². The Morgan fingerprint density at radius 1 is 0.978 bits per heavy atom. The van der Waals surface area contributed by atoms with Crippen molar-refractivity contribution in [2.45, 2.75) is 43.3 Å². The summed E-state index contributed by atoms with van der Waals surface area (Å²) in [5.41, 5.74) is 1.48. The van der Waals surface area contributed by atoms with Crippen LogP contribution < -0.4 is 10.1 Å². The topological polar surface area (TPSA) is 115 Å². The first kappa shape index (κ1) is 30.3. The first-order chi connectivity index (χ1) is 21.6. The maximum absolute atomic E-state index is 13.5. The Bertz CT molecular complexity index is 1900. The fraction of sp³-hybridized carbons (Fsp3) is 0.219. The van der Waals surface area contributed by atoms with Gasteiger partial charge in [-0.25, -0.2) is 8.42 Å². The molecule has 0 aliphatic carbocycles. The highest BCUT2D eigenvalue weighted by Gasteiger charge is 2.41. The number of sulfonamides is 1. The van der Waals surface area contributed by atoms with Crippen LogP contribution in [0.25, 0.3) is 22.2 Å². The molecule has 9 nitrogen and oxygen atoms in total. The van der Waals surface area contributed by atoms with Gasteiger partial charge in [0, 0.05) is 23.6 Å². The minimum atomic E-state index is -4.49. The highest BCUT2D eigenvalue weighted by atomic mass is 32.2. The quantitative estimate of drug-likeness (QED) is 0.213. The molecule has 3 aromatic carbocycles. The molecular formula is C32H27F3N4O5S. The van der Waals surface area contributed by atoms with Crippen LogP contribution >= 0.6 is 0 Å². The molecule has 1 saturated heterocycles. The molecule has 0 spiro atoms. The lowest BCUT2D eigenvalue weighted by molar-refractivity contribution is -0.137. The third-order valence-corrected chi connectivity index (χ3v) is 9.16. The van der Waals surface area contributed by atoms with Crippen molar-refractivity contribution in [1.82, 2.24) is 19.6 Å². The van der Waals surface area contributed by atoms with Crippen molar-refractivity contribution in [3.8, 4) is 17.3 Å². The number of furan rings is 1. The van der Waals surface area contributed by atoms with E-state index in [1.54, 1.807) is 24.3 Å². The molecule has 45 heavy (non-hydrogen) atoms. The van der Waals surface area contributed by atoms with E-state index in [-0.39, 0.29) is 30.8 Å². The molecule has 5 aromatic rings. The van der Waals surface area contributed by atoms with E-state index in [1.807, 2.05) is 30.3 Å². The number of nitrogens with zero attached hydrogens (tertiary/aromatic N) is 3. The molecule has 3 heterocycles. The predicted octanol–water partition coefficient (Wildman–Crippen LogP) is 5.96. The molecule has 2 aromatic heterocycles. The largest absolute Gasteiger partial charge is 0.459 e. The smallest absolute Gasteiger partial charge is 0.416 e. The molecule has 232 valence electrons. The number of hydrogen-bond donors (Lipinski definition) is 1. The lowest BCUT2D eigenvalue weighted by Gasteiger charge is -2.22. The van der Waals surface area contributed by atoms with Gasteiger partial charge in [0.15, 0.2) is 0 Å². The first-order valence-electron chi connectivity index (χ1n) is 14.1. The molecule has 6 rings (SSSR count). The zero-order valence-electron chi connectivity index (χ0n) is 23.7. The van der Waals surface area contributed by atoms with Crippen LogP contribution in [0.2, 0.25) is 0 Å². The summed E-state index contributed by atoms with van der Waals surface area (Å²) >= 11 is 0. The van der Waals surface area contributed by atoms with Crippen LogP contribution in [0.3, 0.4) is 0 Å². The lowest BCUT2D eigenvalue weighted by atomic mass is 10.1. The van der Waals surface area contributed by atoms with Crippen molar-refractivity contribution >= 4 is 26.9 Å². The molecule has 1 unspecified atom stereocenters. The van der Waals surface area contributed by atoms with Gasteiger partial charge < -0.3 is 14.5 Å². The third kappa shape index (κ3) is 6.69. The number of aromatic nitrogens is 2. The SMILES string of the molecule is O=C(NCc1cc(-c2ccc(C(F)(F)F)cc2)nc(OCc2ccccc2)n1)C1CCCN1S(=O)(=O)c1cc2ccccc2o1. The van der Waals surface area contributed by atoms with Crippen molar-refractivity contribution in [1.29, 1.82) is 0 Å². The van der Waals surface area contributed by atoms with Gasteiger partial charge in [-0.15, -0.1) is 0 Å². The Kier molecular flexibility index (Phi) is 8.30. The normalized spacial score (nSPS) is 15.8. The van der Waals surface area contributed by atoms with Crippen LogP contribution in [0.5, 0.6) is 6.01 Å². The second-order valence-corrected chi connectivity index (χ2v) is 12.3. The molecule has 13 heteroatoms. The molecule has 1 aliphatic rings. The van der Waals surface area contributed by atoms with E-state index in [0.29, 0.717) is 40.8 Å². The molecular weight excluding hydrogens is 609 g/mol. The summed E-state index contributed by atoms with van der Waals surface area (Å²) < 4.78 is 78.8. The van der Waals surface area contributed by atoms with E-state index in [9.17, 15) is 26.4 Å². The maximum atomic E-state index is 13.5. The van der Waals surface area contributed by atoms with Gasteiger partial charge in [0.25, 0.3) is 10.0 Å². The van der Waals surface area contributed by atoms with Gasteiger partial charge >= 0.3 is 12.2 Å². The number of rotatable bonds is 9. The monoisotopic (exact) mass is 636 g/mol. The van der Waals surface area contributed by atoms with Gasteiger partial charge in [-0.05, 0) is 42.7 Å². The summed E-state index contributed by atoms with van der Waals surface area (Å²) in [5, 5.41) is 3.16. The van der Waals surface area contributed by atoms with Gasteiger partial charge in [0.1, 0.15) is 18.2 Å². The Morgan fingerprint density at radius 2 is 1.71 bits per heavy atom. The zero-order chi connectivity index (χ0) is 31.6. The van der Waals surface area contributed by atoms with E-state index in [4.69, 9.17) is 9.15 Å². The molecule has 1 amide bonds. The van der Waals surface area contributed by atoms with Crippen LogP contribution in [-0.4, -0.2) is 41.2 Å². The second-order valence-electron chi connectivity index (χ2n) is 10.5. The van der Waals surface area contributed by atoms with Gasteiger partial charge in [0.2, 0.25) is 11.0 Å². The molecule has 0 radical (unpaired) electrons. The number of benzene rings is 3. The minimum absolute atomic E-state index is 0.0320. The number of carbonyl (C=O) groups excluding carboxylic acids is 1. The number of para-hydroxylation sites is 1. The predicted molar refractivity (Wildman–Crippen MR) is 158 cm³/mol. The van der Waals surface area contributed by atoms with Gasteiger partial charge in [-0.2, -0.15) is 27.4 Å². The van der Waals surface area contributed by atoms with E-state index in [1.165, 1.54) is 24.3 Å². The number of alkyl halides is 3. The minimum Gasteiger partial charge on any atom is -0.459 e. The van der Waals surface area contributed by atoms with Crippen LogP contribution in [0.15, 0.2) is 101 Å². The fourth-order valence-corrected chi connectivity index (χ4v) is 6.72.